The highest BCUT2D eigenvalue weighted by Crippen LogP contribution is 2.30. The van der Waals surface area contributed by atoms with Crippen molar-refractivity contribution in [3.8, 4) is 0 Å². The number of nitrogens with zero attached hydrogens (tertiary/aromatic N) is 2. The zero-order valence-corrected chi connectivity index (χ0v) is 12.7. The van der Waals surface area contributed by atoms with Gasteiger partial charge in [0.2, 0.25) is 0 Å². The summed E-state index contributed by atoms with van der Waals surface area (Å²) in [5, 5.41) is 6.72. The topological polar surface area (TPSA) is 49.8 Å². The van der Waals surface area contributed by atoms with Crippen LogP contribution in [0.25, 0.3) is 0 Å². The van der Waals surface area contributed by atoms with Gasteiger partial charge in [0.1, 0.15) is 11.6 Å². The third-order valence-corrected chi connectivity index (χ3v) is 3.49. The van der Waals surface area contributed by atoms with Crippen LogP contribution in [0.3, 0.4) is 0 Å². The van der Waals surface area contributed by atoms with Crippen molar-refractivity contribution in [1.82, 2.24) is 9.97 Å². The van der Waals surface area contributed by atoms with Crippen LogP contribution in [-0.4, -0.2) is 9.97 Å². The van der Waals surface area contributed by atoms with Crippen LogP contribution in [0, 0.1) is 13.8 Å². The standard InChI is InChI=1S/C18H18N4/c1-13-11-15(21-17-7-3-5-9-19-17)16(12-14(13)2)22-18-8-4-6-10-20-18/h3-12H,1-2H3,(H,19,21)(H,20,22). The molecule has 0 amide bonds. The van der Waals surface area contributed by atoms with Crippen LogP contribution in [0.2, 0.25) is 0 Å². The molecule has 0 bridgehead atoms. The van der Waals surface area contributed by atoms with Gasteiger partial charge in [0.15, 0.2) is 0 Å². The van der Waals surface area contributed by atoms with Crippen molar-refractivity contribution in [2.45, 2.75) is 13.8 Å². The molecule has 0 unspecified atom stereocenters. The summed E-state index contributed by atoms with van der Waals surface area (Å²) < 4.78 is 0. The molecule has 0 saturated heterocycles. The number of pyridine rings is 2. The molecular weight excluding hydrogens is 272 g/mol. The normalized spacial score (nSPS) is 10.3. The molecule has 4 heteroatoms. The molecule has 0 aliphatic heterocycles. The fourth-order valence-electron chi connectivity index (χ4n) is 2.17. The molecule has 0 atom stereocenters. The van der Waals surface area contributed by atoms with E-state index in [1.54, 1.807) is 12.4 Å². The zero-order chi connectivity index (χ0) is 15.4. The first kappa shape index (κ1) is 14.1. The molecule has 110 valence electrons. The van der Waals surface area contributed by atoms with Crippen LogP contribution >= 0.6 is 0 Å². The largest absolute Gasteiger partial charge is 0.339 e. The summed E-state index contributed by atoms with van der Waals surface area (Å²) >= 11 is 0. The van der Waals surface area contributed by atoms with E-state index >= 15 is 0 Å². The number of benzene rings is 1. The van der Waals surface area contributed by atoms with E-state index in [4.69, 9.17) is 0 Å². The fraction of sp³-hybridized carbons (Fsp3) is 0.111. The summed E-state index contributed by atoms with van der Waals surface area (Å²) in [7, 11) is 0. The van der Waals surface area contributed by atoms with Crippen LogP contribution in [0.5, 0.6) is 0 Å². The van der Waals surface area contributed by atoms with Crippen molar-refractivity contribution >= 4 is 23.0 Å². The Morgan fingerprint density at radius 2 is 1.14 bits per heavy atom. The highest BCUT2D eigenvalue weighted by Gasteiger charge is 2.07. The average molecular weight is 290 g/mol. The van der Waals surface area contributed by atoms with Gasteiger partial charge in [-0.25, -0.2) is 9.97 Å². The Bertz CT molecular complexity index is 688. The number of hydrogen-bond acceptors (Lipinski definition) is 4. The maximum atomic E-state index is 4.32. The molecule has 0 radical (unpaired) electrons. The maximum absolute atomic E-state index is 4.32. The van der Waals surface area contributed by atoms with Gasteiger partial charge >= 0.3 is 0 Å². The molecule has 0 aliphatic rings. The number of rotatable bonds is 4. The van der Waals surface area contributed by atoms with E-state index in [0.29, 0.717) is 0 Å². The molecule has 22 heavy (non-hydrogen) atoms. The van der Waals surface area contributed by atoms with E-state index in [1.807, 2.05) is 36.4 Å². The van der Waals surface area contributed by atoms with Gasteiger partial charge in [0, 0.05) is 12.4 Å². The summed E-state index contributed by atoms with van der Waals surface area (Å²) in [5.74, 6) is 1.63. The molecule has 0 spiro atoms. The Labute approximate surface area is 130 Å². The Hall–Kier alpha value is -2.88. The van der Waals surface area contributed by atoms with Crippen molar-refractivity contribution in [2.24, 2.45) is 0 Å². The Kier molecular flexibility index (Phi) is 4.01. The van der Waals surface area contributed by atoms with Crippen LogP contribution in [0.1, 0.15) is 11.1 Å². The lowest BCUT2D eigenvalue weighted by molar-refractivity contribution is 1.27. The minimum absolute atomic E-state index is 0.815. The minimum Gasteiger partial charge on any atom is -0.339 e. The Morgan fingerprint density at radius 1 is 0.682 bits per heavy atom. The predicted molar refractivity (Wildman–Crippen MR) is 91.0 cm³/mol. The van der Waals surface area contributed by atoms with Crippen LogP contribution in [0.15, 0.2) is 60.9 Å². The van der Waals surface area contributed by atoms with Crippen LogP contribution in [0.4, 0.5) is 23.0 Å². The maximum Gasteiger partial charge on any atom is 0.130 e. The lowest BCUT2D eigenvalue weighted by Crippen LogP contribution is -2.01. The minimum atomic E-state index is 0.815. The molecule has 1 aromatic carbocycles. The number of aromatic nitrogens is 2. The number of aryl methyl sites for hydroxylation is 2. The lowest BCUT2D eigenvalue weighted by atomic mass is 10.1. The molecule has 2 heterocycles. The van der Waals surface area contributed by atoms with Crippen molar-refractivity contribution < 1.29 is 0 Å². The monoisotopic (exact) mass is 290 g/mol. The first-order valence-corrected chi connectivity index (χ1v) is 7.20. The Balaban J connectivity index is 1.95. The van der Waals surface area contributed by atoms with Gasteiger partial charge in [-0.15, -0.1) is 0 Å². The molecular formula is C18H18N4. The van der Waals surface area contributed by atoms with Crippen LogP contribution in [-0.2, 0) is 0 Å². The van der Waals surface area contributed by atoms with Gasteiger partial charge in [-0.1, -0.05) is 12.1 Å². The van der Waals surface area contributed by atoms with E-state index in [0.717, 1.165) is 23.0 Å². The van der Waals surface area contributed by atoms with Gasteiger partial charge in [0.05, 0.1) is 11.4 Å². The summed E-state index contributed by atoms with van der Waals surface area (Å²) in [6.07, 6.45) is 3.55. The third-order valence-electron chi connectivity index (χ3n) is 3.49. The van der Waals surface area contributed by atoms with E-state index < -0.39 is 0 Å². The zero-order valence-electron chi connectivity index (χ0n) is 12.7. The van der Waals surface area contributed by atoms with Crippen molar-refractivity contribution in [2.75, 3.05) is 10.6 Å². The van der Waals surface area contributed by atoms with E-state index in [9.17, 15) is 0 Å². The smallest absolute Gasteiger partial charge is 0.130 e. The predicted octanol–water partition coefficient (Wildman–Crippen LogP) is 4.58. The van der Waals surface area contributed by atoms with Crippen molar-refractivity contribution in [3.63, 3.8) is 0 Å². The summed E-state index contributed by atoms with van der Waals surface area (Å²) in [4.78, 5) is 8.64. The third kappa shape index (κ3) is 3.23. The van der Waals surface area contributed by atoms with Gasteiger partial charge in [-0.2, -0.15) is 0 Å². The molecule has 0 aliphatic carbocycles. The number of anilines is 4. The molecule has 0 saturated carbocycles. The molecule has 0 fully saturated rings. The fourth-order valence-corrected chi connectivity index (χ4v) is 2.17. The summed E-state index contributed by atoms with van der Waals surface area (Å²) in [6, 6.07) is 15.9. The SMILES string of the molecule is Cc1cc(Nc2ccccn2)c(Nc2ccccn2)cc1C. The molecule has 4 nitrogen and oxygen atoms in total. The van der Waals surface area contributed by atoms with E-state index in [2.05, 4.69) is 46.6 Å². The van der Waals surface area contributed by atoms with Gasteiger partial charge in [-0.3, -0.25) is 0 Å². The average Bonchev–Trinajstić information content (AvgIpc) is 2.54. The van der Waals surface area contributed by atoms with Gasteiger partial charge < -0.3 is 10.6 Å². The van der Waals surface area contributed by atoms with Crippen LogP contribution < -0.4 is 10.6 Å². The first-order valence-electron chi connectivity index (χ1n) is 7.20. The second kappa shape index (κ2) is 6.26. The lowest BCUT2D eigenvalue weighted by Gasteiger charge is -2.15. The summed E-state index contributed by atoms with van der Waals surface area (Å²) in [5.41, 5.74) is 4.41. The molecule has 3 rings (SSSR count). The van der Waals surface area contributed by atoms with E-state index in [-0.39, 0.29) is 0 Å². The molecule has 2 aromatic heterocycles. The summed E-state index contributed by atoms with van der Waals surface area (Å²) in [6.45, 7) is 4.20. The number of hydrogen-bond donors (Lipinski definition) is 2. The highest BCUT2D eigenvalue weighted by atomic mass is 15.0. The molecule has 3 aromatic rings. The van der Waals surface area contributed by atoms with Crippen molar-refractivity contribution in [3.05, 3.63) is 72.1 Å². The quantitative estimate of drug-likeness (QED) is 0.738. The Morgan fingerprint density at radius 3 is 1.50 bits per heavy atom. The number of nitrogens with one attached hydrogen (secondary N) is 2. The second-order valence-corrected chi connectivity index (χ2v) is 5.16. The highest BCUT2D eigenvalue weighted by molar-refractivity contribution is 5.78. The molecule has 2 N–H and O–H groups in total. The second-order valence-electron chi connectivity index (χ2n) is 5.16. The first-order chi connectivity index (χ1) is 10.7. The van der Waals surface area contributed by atoms with Gasteiger partial charge in [-0.05, 0) is 61.4 Å². The van der Waals surface area contributed by atoms with Gasteiger partial charge in [0.25, 0.3) is 0 Å². The van der Waals surface area contributed by atoms with Crippen molar-refractivity contribution in [1.29, 1.82) is 0 Å². The van der Waals surface area contributed by atoms with E-state index in [1.165, 1.54) is 11.1 Å².